The van der Waals surface area contributed by atoms with Crippen molar-refractivity contribution < 1.29 is 13.2 Å². The Morgan fingerprint density at radius 1 is 1.16 bits per heavy atom. The van der Waals surface area contributed by atoms with Crippen molar-refractivity contribution in [3.8, 4) is 0 Å². The first kappa shape index (κ1) is 27.1. The Kier molecular flexibility index (Phi) is 10.1. The van der Waals surface area contributed by atoms with Crippen molar-refractivity contribution in [3.05, 3.63) is 35.5 Å². The van der Waals surface area contributed by atoms with E-state index in [1.165, 1.54) is 12.1 Å². The summed E-state index contributed by atoms with van der Waals surface area (Å²) in [5, 5.41) is 6.37. The SMILES string of the molecule is CCCc1cc(N2CC[C@H](NCC)C2)nc(Nc2ccc(N)c(C(F)(F)F)c2)n1.Cl.Cl. The molecule has 1 fully saturated rings. The zero-order valence-corrected chi connectivity index (χ0v) is 19.1. The molecule has 1 saturated heterocycles. The molecule has 1 aromatic carbocycles. The predicted molar refractivity (Wildman–Crippen MR) is 124 cm³/mol. The van der Waals surface area contributed by atoms with Gasteiger partial charge in [0.25, 0.3) is 0 Å². The molecule has 2 aromatic rings. The maximum Gasteiger partial charge on any atom is 0.418 e. The number of nitrogens with zero attached hydrogens (tertiary/aromatic N) is 3. The van der Waals surface area contributed by atoms with Crippen LogP contribution in [-0.2, 0) is 12.6 Å². The molecule has 6 nitrogen and oxygen atoms in total. The maximum atomic E-state index is 13.1. The van der Waals surface area contributed by atoms with Crippen LogP contribution in [0.4, 0.5) is 36.3 Å². The van der Waals surface area contributed by atoms with Gasteiger partial charge in [0, 0.05) is 42.3 Å². The number of likely N-dealkylation sites (N-methyl/N-ethyl adjacent to an activating group) is 1. The van der Waals surface area contributed by atoms with Gasteiger partial charge in [-0.2, -0.15) is 18.2 Å². The van der Waals surface area contributed by atoms with Crippen LogP contribution >= 0.6 is 24.8 Å². The molecule has 174 valence electrons. The molecule has 0 unspecified atom stereocenters. The normalized spacial score (nSPS) is 15.9. The van der Waals surface area contributed by atoms with Crippen molar-refractivity contribution in [3.63, 3.8) is 0 Å². The topological polar surface area (TPSA) is 79.1 Å². The van der Waals surface area contributed by atoms with E-state index in [1.807, 2.05) is 6.07 Å². The number of benzene rings is 1. The molecule has 31 heavy (non-hydrogen) atoms. The molecule has 0 spiro atoms. The Balaban J connectivity index is 0.00000240. The second-order valence-corrected chi connectivity index (χ2v) is 7.21. The number of rotatable bonds is 7. The highest BCUT2D eigenvalue weighted by Crippen LogP contribution is 2.35. The molecule has 1 aliphatic rings. The maximum absolute atomic E-state index is 13.1. The van der Waals surface area contributed by atoms with Crippen LogP contribution in [0, 0.1) is 0 Å². The van der Waals surface area contributed by atoms with Crippen LogP contribution in [-0.4, -0.2) is 35.6 Å². The summed E-state index contributed by atoms with van der Waals surface area (Å²) in [6.07, 6.45) is -1.81. The summed E-state index contributed by atoms with van der Waals surface area (Å²) >= 11 is 0. The highest BCUT2D eigenvalue weighted by Gasteiger charge is 2.33. The number of nitrogens with two attached hydrogens (primary N) is 1. The van der Waals surface area contributed by atoms with Crippen LogP contribution in [0.1, 0.15) is 37.9 Å². The number of aryl methyl sites for hydroxylation is 1. The Hall–Kier alpha value is -1.97. The summed E-state index contributed by atoms with van der Waals surface area (Å²) < 4.78 is 39.4. The lowest BCUT2D eigenvalue weighted by molar-refractivity contribution is -0.136. The summed E-state index contributed by atoms with van der Waals surface area (Å²) in [7, 11) is 0. The average molecular weight is 481 g/mol. The van der Waals surface area contributed by atoms with Crippen LogP contribution in [0.2, 0.25) is 0 Å². The van der Waals surface area contributed by atoms with Gasteiger partial charge >= 0.3 is 6.18 Å². The molecule has 11 heteroatoms. The molecule has 0 bridgehead atoms. The predicted octanol–water partition coefficient (Wildman–Crippen LogP) is 4.81. The minimum atomic E-state index is -4.52. The lowest BCUT2D eigenvalue weighted by Crippen LogP contribution is -2.32. The fraction of sp³-hybridized carbons (Fsp3) is 0.500. The second kappa shape index (κ2) is 11.6. The van der Waals surface area contributed by atoms with Gasteiger partial charge in [-0.15, -0.1) is 24.8 Å². The third kappa shape index (κ3) is 7.02. The summed E-state index contributed by atoms with van der Waals surface area (Å²) in [5.74, 6) is 1.08. The number of nitrogens with one attached hydrogen (secondary N) is 2. The molecule has 4 N–H and O–H groups in total. The van der Waals surface area contributed by atoms with Crippen molar-refractivity contribution in [2.45, 2.75) is 45.3 Å². The first-order chi connectivity index (χ1) is 13.8. The minimum absolute atomic E-state index is 0. The van der Waals surface area contributed by atoms with E-state index in [1.54, 1.807) is 0 Å². The number of alkyl halides is 3. The van der Waals surface area contributed by atoms with E-state index in [-0.39, 0.29) is 42.1 Å². The first-order valence-corrected chi connectivity index (χ1v) is 9.90. The van der Waals surface area contributed by atoms with Crippen molar-refractivity contribution in [2.75, 3.05) is 35.6 Å². The molecule has 2 heterocycles. The zero-order valence-electron chi connectivity index (χ0n) is 17.5. The molecule has 0 saturated carbocycles. The van der Waals surface area contributed by atoms with Gasteiger partial charge in [-0.05, 0) is 37.6 Å². The zero-order chi connectivity index (χ0) is 21.0. The van der Waals surface area contributed by atoms with Gasteiger partial charge in [0.15, 0.2) is 0 Å². The van der Waals surface area contributed by atoms with E-state index in [0.717, 1.165) is 56.5 Å². The Morgan fingerprint density at radius 2 is 1.90 bits per heavy atom. The molecule has 0 aliphatic carbocycles. The number of hydrogen-bond acceptors (Lipinski definition) is 6. The van der Waals surface area contributed by atoms with E-state index < -0.39 is 11.7 Å². The molecule has 0 amide bonds. The quantitative estimate of drug-likeness (QED) is 0.493. The number of halogens is 5. The summed E-state index contributed by atoms with van der Waals surface area (Å²) in [5.41, 5.74) is 5.41. The molecule has 3 rings (SSSR count). The highest BCUT2D eigenvalue weighted by molar-refractivity contribution is 5.85. The number of nitrogen functional groups attached to an aromatic ring is 1. The van der Waals surface area contributed by atoms with Gasteiger partial charge in [-0.3, -0.25) is 0 Å². The van der Waals surface area contributed by atoms with Gasteiger partial charge < -0.3 is 21.3 Å². The second-order valence-electron chi connectivity index (χ2n) is 7.21. The van der Waals surface area contributed by atoms with Crippen LogP contribution < -0.4 is 21.3 Å². The lowest BCUT2D eigenvalue weighted by Gasteiger charge is -2.20. The van der Waals surface area contributed by atoms with Gasteiger partial charge in [-0.1, -0.05) is 20.3 Å². The van der Waals surface area contributed by atoms with Gasteiger partial charge in [0.1, 0.15) is 5.82 Å². The Labute approximate surface area is 193 Å². The molecular weight excluding hydrogens is 452 g/mol. The Bertz CT molecular complexity index is 850. The fourth-order valence-corrected chi connectivity index (χ4v) is 3.52. The van der Waals surface area contributed by atoms with Crippen molar-refractivity contribution in [1.82, 2.24) is 15.3 Å². The van der Waals surface area contributed by atoms with Crippen molar-refractivity contribution in [2.24, 2.45) is 0 Å². The van der Waals surface area contributed by atoms with E-state index in [2.05, 4.69) is 39.3 Å². The number of aromatic nitrogens is 2. The third-order valence-corrected chi connectivity index (χ3v) is 4.89. The third-order valence-electron chi connectivity index (χ3n) is 4.89. The molecule has 1 atom stereocenters. The van der Waals surface area contributed by atoms with Gasteiger partial charge in [0.2, 0.25) is 5.95 Å². The molecule has 1 aromatic heterocycles. The van der Waals surface area contributed by atoms with Crippen LogP contribution in [0.5, 0.6) is 0 Å². The number of anilines is 4. The van der Waals surface area contributed by atoms with E-state index in [4.69, 9.17) is 5.73 Å². The summed E-state index contributed by atoms with van der Waals surface area (Å²) in [4.78, 5) is 11.2. The van der Waals surface area contributed by atoms with Gasteiger partial charge in [0.05, 0.1) is 5.56 Å². The van der Waals surface area contributed by atoms with Crippen LogP contribution in [0.25, 0.3) is 0 Å². The summed E-state index contributed by atoms with van der Waals surface area (Å²) in [6.45, 7) is 6.77. The lowest BCUT2D eigenvalue weighted by atomic mass is 10.1. The standard InChI is InChI=1S/C20H27F3N6.2ClH/c1-3-5-13-11-18(29-9-8-15(12-29)25-4-2)28-19(26-13)27-14-6-7-17(24)16(10-14)20(21,22)23;;/h6-7,10-11,15,25H,3-5,8-9,12,24H2,1-2H3,(H,26,27,28);2*1H/t15-;;/m0../s1. The van der Waals surface area contributed by atoms with Gasteiger partial charge in [-0.25, -0.2) is 4.98 Å². The number of hydrogen-bond donors (Lipinski definition) is 3. The minimum Gasteiger partial charge on any atom is -0.398 e. The molecule has 0 radical (unpaired) electrons. The van der Waals surface area contributed by atoms with Crippen molar-refractivity contribution in [1.29, 1.82) is 0 Å². The fourth-order valence-electron chi connectivity index (χ4n) is 3.52. The smallest absolute Gasteiger partial charge is 0.398 e. The highest BCUT2D eigenvalue weighted by atomic mass is 35.5. The molecular formula is C20H29Cl2F3N6. The van der Waals surface area contributed by atoms with E-state index in [0.29, 0.717) is 6.04 Å². The average Bonchev–Trinajstić information content (AvgIpc) is 3.12. The largest absolute Gasteiger partial charge is 0.418 e. The van der Waals surface area contributed by atoms with Crippen molar-refractivity contribution >= 4 is 48.0 Å². The van der Waals surface area contributed by atoms with E-state index in [9.17, 15) is 13.2 Å². The molecule has 1 aliphatic heterocycles. The monoisotopic (exact) mass is 480 g/mol. The van der Waals surface area contributed by atoms with E-state index >= 15 is 0 Å². The van der Waals surface area contributed by atoms with Crippen LogP contribution in [0.15, 0.2) is 24.3 Å². The summed E-state index contributed by atoms with van der Waals surface area (Å²) in [6, 6.07) is 6.10. The van der Waals surface area contributed by atoms with Crippen LogP contribution in [0.3, 0.4) is 0 Å². The Morgan fingerprint density at radius 3 is 2.55 bits per heavy atom. The first-order valence-electron chi connectivity index (χ1n) is 9.90.